The van der Waals surface area contributed by atoms with Gasteiger partial charge in [0.15, 0.2) is 0 Å². The molecule has 0 saturated heterocycles. The summed E-state index contributed by atoms with van der Waals surface area (Å²) < 4.78 is 5.91. The summed E-state index contributed by atoms with van der Waals surface area (Å²) in [5.74, 6) is 0.926. The summed E-state index contributed by atoms with van der Waals surface area (Å²) in [5.41, 5.74) is 6.71. The first-order valence-electron chi connectivity index (χ1n) is 5.75. The van der Waals surface area contributed by atoms with Crippen molar-refractivity contribution < 1.29 is 9.84 Å². The lowest BCUT2D eigenvalue weighted by Crippen LogP contribution is -2.41. The maximum absolute atomic E-state index is 9.18. The number of para-hydroxylation sites is 1. The molecule has 3 nitrogen and oxygen atoms in total. The van der Waals surface area contributed by atoms with Crippen LogP contribution in [0.2, 0.25) is 0 Å². The highest BCUT2D eigenvalue weighted by Crippen LogP contribution is 2.31. The molecule has 0 spiro atoms. The van der Waals surface area contributed by atoms with Crippen LogP contribution in [0.25, 0.3) is 0 Å². The van der Waals surface area contributed by atoms with Crippen LogP contribution in [0.1, 0.15) is 24.8 Å². The summed E-state index contributed by atoms with van der Waals surface area (Å²) in [6.07, 6.45) is 2.63. The van der Waals surface area contributed by atoms with Crippen LogP contribution in [0.15, 0.2) is 24.3 Å². The average Bonchev–Trinajstić information content (AvgIpc) is 2.65. The van der Waals surface area contributed by atoms with Gasteiger partial charge in [-0.25, -0.2) is 0 Å². The van der Waals surface area contributed by atoms with E-state index in [1.165, 1.54) is 0 Å². The molecule has 1 aromatic carbocycles. The molecule has 0 bridgehead atoms. The highest BCUT2D eigenvalue weighted by atomic mass is 16.5. The van der Waals surface area contributed by atoms with Crippen LogP contribution in [0.3, 0.4) is 0 Å². The number of nitrogens with two attached hydrogens (primary N) is 1. The van der Waals surface area contributed by atoms with Crippen LogP contribution in [-0.4, -0.2) is 23.4 Å². The minimum absolute atomic E-state index is 0.0423. The number of aliphatic hydroxyl groups is 1. The smallest absolute Gasteiger partial charge is 0.122 e. The number of aliphatic hydroxyl groups excluding tert-OH is 1. The Labute approximate surface area is 96.2 Å². The van der Waals surface area contributed by atoms with Crippen LogP contribution in [0, 0.1) is 6.92 Å². The predicted molar refractivity (Wildman–Crippen MR) is 63.5 cm³/mol. The van der Waals surface area contributed by atoms with Crippen molar-refractivity contribution in [3.8, 4) is 5.75 Å². The zero-order valence-electron chi connectivity index (χ0n) is 9.65. The van der Waals surface area contributed by atoms with Gasteiger partial charge in [0.2, 0.25) is 0 Å². The summed E-state index contributed by atoms with van der Waals surface area (Å²) in [7, 11) is 0. The molecule has 3 heteroatoms. The SMILES string of the molecule is Cc1ccccc1OC1CCC(N)(CO)C1. The topological polar surface area (TPSA) is 55.5 Å². The second kappa shape index (κ2) is 4.44. The molecule has 0 radical (unpaired) electrons. The zero-order chi connectivity index (χ0) is 11.6. The first-order chi connectivity index (χ1) is 7.63. The number of ether oxygens (including phenoxy) is 1. The van der Waals surface area contributed by atoms with Gasteiger partial charge in [-0.3, -0.25) is 0 Å². The van der Waals surface area contributed by atoms with Gasteiger partial charge in [-0.05, 0) is 31.4 Å². The standard InChI is InChI=1S/C13H19NO2/c1-10-4-2-3-5-12(10)16-11-6-7-13(14,8-11)9-15/h2-5,11,15H,6-9,14H2,1H3. The average molecular weight is 221 g/mol. The first-order valence-corrected chi connectivity index (χ1v) is 5.75. The van der Waals surface area contributed by atoms with Gasteiger partial charge in [-0.15, -0.1) is 0 Å². The van der Waals surface area contributed by atoms with Crippen LogP contribution < -0.4 is 10.5 Å². The summed E-state index contributed by atoms with van der Waals surface area (Å²) in [6, 6.07) is 7.98. The Morgan fingerprint density at radius 1 is 1.50 bits per heavy atom. The lowest BCUT2D eigenvalue weighted by atomic mass is 10.0. The highest BCUT2D eigenvalue weighted by molar-refractivity contribution is 5.32. The van der Waals surface area contributed by atoms with Gasteiger partial charge in [0, 0.05) is 12.0 Å². The third-order valence-electron chi connectivity index (χ3n) is 3.30. The van der Waals surface area contributed by atoms with Gasteiger partial charge in [-0.1, -0.05) is 18.2 Å². The molecule has 2 unspecified atom stereocenters. The van der Waals surface area contributed by atoms with E-state index in [1.54, 1.807) is 0 Å². The molecular formula is C13H19NO2. The Hall–Kier alpha value is -1.06. The second-order valence-electron chi connectivity index (χ2n) is 4.77. The van der Waals surface area contributed by atoms with Crippen molar-refractivity contribution in [1.29, 1.82) is 0 Å². The van der Waals surface area contributed by atoms with Gasteiger partial charge in [-0.2, -0.15) is 0 Å². The Kier molecular flexibility index (Phi) is 3.17. The Balaban J connectivity index is 2.00. The quantitative estimate of drug-likeness (QED) is 0.815. The van der Waals surface area contributed by atoms with Gasteiger partial charge < -0.3 is 15.6 Å². The van der Waals surface area contributed by atoms with Crippen LogP contribution in [0.4, 0.5) is 0 Å². The molecule has 1 aliphatic rings. The molecule has 2 atom stereocenters. The lowest BCUT2D eigenvalue weighted by molar-refractivity contribution is 0.165. The zero-order valence-corrected chi connectivity index (χ0v) is 9.65. The normalized spacial score (nSPS) is 29.3. The van der Waals surface area contributed by atoms with Crippen molar-refractivity contribution in [3.05, 3.63) is 29.8 Å². The summed E-state index contributed by atoms with van der Waals surface area (Å²) in [5, 5.41) is 9.18. The predicted octanol–water partition coefficient (Wildman–Crippen LogP) is 1.62. The molecule has 3 N–H and O–H groups in total. The molecule has 0 heterocycles. The minimum atomic E-state index is -0.437. The van der Waals surface area contributed by atoms with Crippen LogP contribution >= 0.6 is 0 Å². The largest absolute Gasteiger partial charge is 0.490 e. The fraction of sp³-hybridized carbons (Fsp3) is 0.538. The summed E-state index contributed by atoms with van der Waals surface area (Å²) in [4.78, 5) is 0. The first kappa shape index (κ1) is 11.4. The molecule has 88 valence electrons. The second-order valence-corrected chi connectivity index (χ2v) is 4.77. The van der Waals surface area contributed by atoms with Gasteiger partial charge in [0.05, 0.1) is 6.61 Å². The van der Waals surface area contributed by atoms with Crippen molar-refractivity contribution in [2.24, 2.45) is 5.73 Å². The molecule has 1 aromatic rings. The van der Waals surface area contributed by atoms with Gasteiger partial charge in [0.1, 0.15) is 11.9 Å². The molecule has 0 amide bonds. The third-order valence-corrected chi connectivity index (χ3v) is 3.30. The van der Waals surface area contributed by atoms with E-state index >= 15 is 0 Å². The fourth-order valence-electron chi connectivity index (χ4n) is 2.22. The van der Waals surface area contributed by atoms with Crippen molar-refractivity contribution in [1.82, 2.24) is 0 Å². The number of aryl methyl sites for hydroxylation is 1. The maximum Gasteiger partial charge on any atom is 0.122 e. The van der Waals surface area contributed by atoms with E-state index in [0.717, 1.165) is 30.6 Å². The number of benzene rings is 1. The monoisotopic (exact) mass is 221 g/mol. The number of hydrogen-bond acceptors (Lipinski definition) is 3. The fourth-order valence-corrected chi connectivity index (χ4v) is 2.22. The molecule has 1 fully saturated rings. The van der Waals surface area contributed by atoms with E-state index in [0.29, 0.717) is 0 Å². The van der Waals surface area contributed by atoms with Crippen LogP contribution in [-0.2, 0) is 0 Å². The minimum Gasteiger partial charge on any atom is -0.490 e. The van der Waals surface area contributed by atoms with Gasteiger partial charge >= 0.3 is 0 Å². The van der Waals surface area contributed by atoms with Crippen molar-refractivity contribution in [2.75, 3.05) is 6.61 Å². The van der Waals surface area contributed by atoms with Crippen molar-refractivity contribution in [3.63, 3.8) is 0 Å². The van der Waals surface area contributed by atoms with Crippen molar-refractivity contribution >= 4 is 0 Å². The Bertz CT molecular complexity index is 367. The molecule has 0 aromatic heterocycles. The highest BCUT2D eigenvalue weighted by Gasteiger charge is 2.36. The van der Waals surface area contributed by atoms with Crippen molar-refractivity contribution in [2.45, 2.75) is 37.8 Å². The Morgan fingerprint density at radius 2 is 2.25 bits per heavy atom. The third kappa shape index (κ3) is 2.36. The molecular weight excluding hydrogens is 202 g/mol. The summed E-state index contributed by atoms with van der Waals surface area (Å²) >= 11 is 0. The molecule has 1 saturated carbocycles. The molecule has 1 aliphatic carbocycles. The Morgan fingerprint density at radius 3 is 2.88 bits per heavy atom. The lowest BCUT2D eigenvalue weighted by Gasteiger charge is -2.21. The van der Waals surface area contributed by atoms with E-state index in [4.69, 9.17) is 10.5 Å². The molecule has 0 aliphatic heterocycles. The van der Waals surface area contributed by atoms with E-state index < -0.39 is 5.54 Å². The van der Waals surface area contributed by atoms with E-state index in [-0.39, 0.29) is 12.7 Å². The summed E-state index contributed by atoms with van der Waals surface area (Å²) in [6.45, 7) is 2.08. The maximum atomic E-state index is 9.18. The molecule has 16 heavy (non-hydrogen) atoms. The van der Waals surface area contributed by atoms with E-state index in [2.05, 4.69) is 0 Å². The molecule has 2 rings (SSSR count). The number of hydrogen-bond donors (Lipinski definition) is 2. The van der Waals surface area contributed by atoms with Crippen LogP contribution in [0.5, 0.6) is 5.75 Å². The van der Waals surface area contributed by atoms with E-state index in [9.17, 15) is 5.11 Å². The van der Waals surface area contributed by atoms with E-state index in [1.807, 2.05) is 31.2 Å². The van der Waals surface area contributed by atoms with Gasteiger partial charge in [0.25, 0.3) is 0 Å². The number of rotatable bonds is 3.